The maximum Gasteiger partial charge on any atom is 0.139 e. The van der Waals surface area contributed by atoms with E-state index in [1.807, 2.05) is 19.2 Å². The molecule has 1 aromatic carbocycles. The zero-order chi connectivity index (χ0) is 13.7. The minimum atomic E-state index is 0.878. The summed E-state index contributed by atoms with van der Waals surface area (Å²) in [5.41, 5.74) is 2.18. The van der Waals surface area contributed by atoms with Gasteiger partial charge in [-0.25, -0.2) is 9.97 Å². The smallest absolute Gasteiger partial charge is 0.139 e. The minimum absolute atomic E-state index is 0.878. The molecule has 0 atom stereocenters. The highest BCUT2D eigenvalue weighted by Gasteiger charge is 2.09. The van der Waals surface area contributed by atoms with Gasteiger partial charge in [-0.1, -0.05) is 19.4 Å². The highest BCUT2D eigenvalue weighted by molar-refractivity contribution is 14.1. The van der Waals surface area contributed by atoms with Crippen molar-refractivity contribution in [2.24, 2.45) is 0 Å². The summed E-state index contributed by atoms with van der Waals surface area (Å²) in [6.45, 7) is 2.15. The second kappa shape index (κ2) is 6.70. The van der Waals surface area contributed by atoms with Crippen molar-refractivity contribution in [2.45, 2.75) is 19.8 Å². The van der Waals surface area contributed by atoms with Crippen molar-refractivity contribution in [3.63, 3.8) is 0 Å². The highest BCUT2D eigenvalue weighted by atomic mass is 127. The predicted octanol–water partition coefficient (Wildman–Crippen LogP) is 3.82. The lowest BCUT2D eigenvalue weighted by Gasteiger charge is -2.13. The first-order valence-electron chi connectivity index (χ1n) is 6.28. The van der Waals surface area contributed by atoms with Crippen LogP contribution in [0.5, 0.6) is 0 Å². The number of halogens is 1. The molecule has 0 bridgehead atoms. The second-order valence-electron chi connectivity index (χ2n) is 4.18. The topological polar surface area (TPSA) is 49.8 Å². The standard InChI is InChI=1S/C14H17IN4/c1-3-5-12-13(16-2)17-9-18-14(12)19-11-7-4-6-10(15)8-11/h4,6-9H,3,5H2,1-2H3,(H2,16,17,18,19). The monoisotopic (exact) mass is 368 g/mol. The van der Waals surface area contributed by atoms with Crippen LogP contribution in [0.2, 0.25) is 0 Å². The molecular weight excluding hydrogens is 351 g/mol. The molecule has 0 radical (unpaired) electrons. The number of hydrogen-bond acceptors (Lipinski definition) is 4. The van der Waals surface area contributed by atoms with Gasteiger partial charge in [0, 0.05) is 21.9 Å². The van der Waals surface area contributed by atoms with Crippen molar-refractivity contribution < 1.29 is 0 Å². The summed E-state index contributed by atoms with van der Waals surface area (Å²) in [6, 6.07) is 8.23. The van der Waals surface area contributed by atoms with Crippen LogP contribution in [-0.4, -0.2) is 17.0 Å². The SMILES string of the molecule is CCCc1c(NC)ncnc1Nc1cccc(I)c1. The molecule has 100 valence electrons. The van der Waals surface area contributed by atoms with Gasteiger partial charge >= 0.3 is 0 Å². The van der Waals surface area contributed by atoms with Gasteiger partial charge < -0.3 is 10.6 Å². The van der Waals surface area contributed by atoms with Gasteiger partial charge in [0.25, 0.3) is 0 Å². The van der Waals surface area contributed by atoms with Gasteiger partial charge in [-0.15, -0.1) is 0 Å². The highest BCUT2D eigenvalue weighted by Crippen LogP contribution is 2.25. The Hall–Kier alpha value is -1.37. The Morgan fingerprint density at radius 3 is 2.68 bits per heavy atom. The maximum absolute atomic E-state index is 4.37. The van der Waals surface area contributed by atoms with Gasteiger partial charge in [0.05, 0.1) is 0 Å². The van der Waals surface area contributed by atoms with Crippen molar-refractivity contribution in [1.29, 1.82) is 0 Å². The zero-order valence-electron chi connectivity index (χ0n) is 11.1. The van der Waals surface area contributed by atoms with E-state index in [-0.39, 0.29) is 0 Å². The zero-order valence-corrected chi connectivity index (χ0v) is 13.2. The van der Waals surface area contributed by atoms with E-state index < -0.39 is 0 Å². The molecule has 0 fully saturated rings. The molecule has 0 unspecified atom stereocenters. The van der Waals surface area contributed by atoms with Gasteiger partial charge in [0.1, 0.15) is 18.0 Å². The Morgan fingerprint density at radius 1 is 1.21 bits per heavy atom. The number of nitrogens with one attached hydrogen (secondary N) is 2. The van der Waals surface area contributed by atoms with Crippen LogP contribution in [0.4, 0.5) is 17.3 Å². The first kappa shape index (κ1) is 14.0. The first-order chi connectivity index (χ1) is 9.24. The molecule has 0 saturated heterocycles. The third-order valence-corrected chi connectivity index (χ3v) is 3.44. The van der Waals surface area contributed by atoms with E-state index in [9.17, 15) is 0 Å². The Balaban J connectivity index is 2.33. The van der Waals surface area contributed by atoms with Crippen molar-refractivity contribution in [3.05, 3.63) is 39.7 Å². The van der Waals surface area contributed by atoms with Crippen LogP contribution >= 0.6 is 22.6 Å². The molecule has 1 heterocycles. The summed E-state index contributed by atoms with van der Waals surface area (Å²) in [5, 5.41) is 6.50. The summed E-state index contributed by atoms with van der Waals surface area (Å²) >= 11 is 2.30. The van der Waals surface area contributed by atoms with Crippen molar-refractivity contribution in [1.82, 2.24) is 9.97 Å². The number of benzene rings is 1. The number of aromatic nitrogens is 2. The van der Waals surface area contributed by atoms with E-state index >= 15 is 0 Å². The fourth-order valence-electron chi connectivity index (χ4n) is 1.93. The average Bonchev–Trinajstić information content (AvgIpc) is 2.41. The molecule has 4 nitrogen and oxygen atoms in total. The molecule has 0 aliphatic rings. The predicted molar refractivity (Wildman–Crippen MR) is 88.0 cm³/mol. The van der Waals surface area contributed by atoms with E-state index in [2.05, 4.69) is 62.2 Å². The summed E-state index contributed by atoms with van der Waals surface area (Å²) in [4.78, 5) is 8.64. The molecule has 0 amide bonds. The van der Waals surface area contributed by atoms with Crippen LogP contribution in [0.1, 0.15) is 18.9 Å². The van der Waals surface area contributed by atoms with Crippen LogP contribution in [0.25, 0.3) is 0 Å². The van der Waals surface area contributed by atoms with Gasteiger partial charge in [0.15, 0.2) is 0 Å². The van der Waals surface area contributed by atoms with Crippen LogP contribution in [0.3, 0.4) is 0 Å². The molecule has 2 rings (SSSR count). The maximum atomic E-state index is 4.37. The van der Waals surface area contributed by atoms with Crippen molar-refractivity contribution in [2.75, 3.05) is 17.7 Å². The van der Waals surface area contributed by atoms with Gasteiger partial charge in [-0.2, -0.15) is 0 Å². The lowest BCUT2D eigenvalue weighted by molar-refractivity contribution is 0.905. The normalized spacial score (nSPS) is 10.3. The fraction of sp³-hybridized carbons (Fsp3) is 0.286. The number of anilines is 3. The largest absolute Gasteiger partial charge is 0.373 e. The Bertz CT molecular complexity index is 557. The van der Waals surface area contributed by atoms with E-state index in [4.69, 9.17) is 0 Å². The molecule has 0 spiro atoms. The lowest BCUT2D eigenvalue weighted by atomic mass is 10.1. The minimum Gasteiger partial charge on any atom is -0.373 e. The average molecular weight is 368 g/mol. The molecule has 19 heavy (non-hydrogen) atoms. The summed E-state index contributed by atoms with van der Waals surface area (Å²) < 4.78 is 1.20. The molecule has 2 N–H and O–H groups in total. The summed E-state index contributed by atoms with van der Waals surface area (Å²) in [7, 11) is 1.89. The number of rotatable bonds is 5. The van der Waals surface area contributed by atoms with Crippen LogP contribution in [0, 0.1) is 3.57 Å². The van der Waals surface area contributed by atoms with Gasteiger partial charge in [-0.05, 0) is 47.2 Å². The molecule has 2 aromatic rings. The lowest BCUT2D eigenvalue weighted by Crippen LogP contribution is -2.05. The summed E-state index contributed by atoms with van der Waals surface area (Å²) in [6.07, 6.45) is 3.59. The van der Waals surface area contributed by atoms with Crippen LogP contribution in [-0.2, 0) is 6.42 Å². The van der Waals surface area contributed by atoms with E-state index in [0.717, 1.165) is 35.7 Å². The number of nitrogens with zero attached hydrogens (tertiary/aromatic N) is 2. The van der Waals surface area contributed by atoms with E-state index in [1.165, 1.54) is 3.57 Å². The van der Waals surface area contributed by atoms with Crippen molar-refractivity contribution >= 4 is 39.9 Å². The van der Waals surface area contributed by atoms with E-state index in [0.29, 0.717) is 0 Å². The molecule has 1 aromatic heterocycles. The number of hydrogen-bond donors (Lipinski definition) is 2. The van der Waals surface area contributed by atoms with Gasteiger partial charge in [0.2, 0.25) is 0 Å². The third kappa shape index (κ3) is 3.56. The Kier molecular flexibility index (Phi) is 4.95. The molecule has 5 heteroatoms. The third-order valence-electron chi connectivity index (χ3n) is 2.77. The first-order valence-corrected chi connectivity index (χ1v) is 7.36. The molecule has 0 aliphatic heterocycles. The second-order valence-corrected chi connectivity index (χ2v) is 5.43. The van der Waals surface area contributed by atoms with Crippen molar-refractivity contribution in [3.8, 4) is 0 Å². The Morgan fingerprint density at radius 2 is 2.00 bits per heavy atom. The van der Waals surface area contributed by atoms with E-state index in [1.54, 1.807) is 6.33 Å². The fourth-order valence-corrected chi connectivity index (χ4v) is 2.47. The molecule has 0 saturated carbocycles. The quantitative estimate of drug-likeness (QED) is 0.788. The van der Waals surface area contributed by atoms with Crippen LogP contribution in [0.15, 0.2) is 30.6 Å². The molecule has 0 aliphatic carbocycles. The Labute approximate surface area is 127 Å². The molecular formula is C14H17IN4. The van der Waals surface area contributed by atoms with Crippen LogP contribution < -0.4 is 10.6 Å². The van der Waals surface area contributed by atoms with Gasteiger partial charge in [-0.3, -0.25) is 0 Å². The summed E-state index contributed by atoms with van der Waals surface area (Å²) in [5.74, 6) is 1.77.